The van der Waals surface area contributed by atoms with Gasteiger partial charge >= 0.3 is 0 Å². The first-order chi connectivity index (χ1) is 8.74. The standard InChI is InChI=1S/C12H13N5O/c1-8-9(2)18-11(16-8)7-14-12-10-3-4-15-17(10)6-5-13-12/h3-6H,7H2,1-2H3,(H,13,14). The van der Waals surface area contributed by atoms with Gasteiger partial charge in [0.05, 0.1) is 18.4 Å². The fraction of sp³-hybridized carbons (Fsp3) is 0.250. The van der Waals surface area contributed by atoms with E-state index in [0.29, 0.717) is 12.4 Å². The minimum Gasteiger partial charge on any atom is -0.444 e. The average Bonchev–Trinajstić information content (AvgIpc) is 2.94. The number of fused-ring (bicyclic) bond motifs is 1. The van der Waals surface area contributed by atoms with Gasteiger partial charge < -0.3 is 9.73 Å². The fourth-order valence-electron chi connectivity index (χ4n) is 1.77. The van der Waals surface area contributed by atoms with E-state index < -0.39 is 0 Å². The van der Waals surface area contributed by atoms with Crippen LogP contribution < -0.4 is 5.32 Å². The van der Waals surface area contributed by atoms with Crippen molar-refractivity contribution >= 4 is 11.3 Å². The quantitative estimate of drug-likeness (QED) is 0.761. The predicted molar refractivity (Wildman–Crippen MR) is 66.3 cm³/mol. The lowest BCUT2D eigenvalue weighted by atomic mass is 10.4. The number of hydrogen-bond acceptors (Lipinski definition) is 5. The summed E-state index contributed by atoms with van der Waals surface area (Å²) >= 11 is 0. The highest BCUT2D eigenvalue weighted by atomic mass is 16.4. The molecule has 0 unspecified atom stereocenters. The van der Waals surface area contributed by atoms with Crippen LogP contribution >= 0.6 is 0 Å². The van der Waals surface area contributed by atoms with Crippen LogP contribution in [-0.4, -0.2) is 19.6 Å². The second-order valence-electron chi connectivity index (χ2n) is 4.04. The van der Waals surface area contributed by atoms with E-state index in [1.165, 1.54) is 0 Å². The SMILES string of the molecule is Cc1nc(CNc2nccn3nccc23)oc1C. The smallest absolute Gasteiger partial charge is 0.213 e. The van der Waals surface area contributed by atoms with Gasteiger partial charge in [-0.3, -0.25) is 0 Å². The van der Waals surface area contributed by atoms with Crippen LogP contribution in [0.3, 0.4) is 0 Å². The molecular formula is C12H13N5O. The van der Waals surface area contributed by atoms with Crippen molar-refractivity contribution in [2.75, 3.05) is 5.32 Å². The zero-order valence-corrected chi connectivity index (χ0v) is 10.2. The van der Waals surface area contributed by atoms with E-state index in [-0.39, 0.29) is 0 Å². The maximum Gasteiger partial charge on any atom is 0.213 e. The maximum atomic E-state index is 5.51. The van der Waals surface area contributed by atoms with E-state index in [9.17, 15) is 0 Å². The van der Waals surface area contributed by atoms with Crippen molar-refractivity contribution in [2.45, 2.75) is 20.4 Å². The third kappa shape index (κ3) is 1.81. The molecule has 0 spiro atoms. The summed E-state index contributed by atoms with van der Waals surface area (Å²) in [6, 6.07) is 1.90. The molecule has 0 aliphatic heterocycles. The Hall–Kier alpha value is -2.37. The lowest BCUT2D eigenvalue weighted by Crippen LogP contribution is -2.03. The first-order valence-electron chi connectivity index (χ1n) is 5.69. The van der Waals surface area contributed by atoms with Gasteiger partial charge in [-0.05, 0) is 19.9 Å². The van der Waals surface area contributed by atoms with Gasteiger partial charge in [-0.2, -0.15) is 5.10 Å². The Morgan fingerprint density at radius 3 is 3.00 bits per heavy atom. The predicted octanol–water partition coefficient (Wildman–Crippen LogP) is 1.95. The van der Waals surface area contributed by atoms with Crippen molar-refractivity contribution in [3.63, 3.8) is 0 Å². The van der Waals surface area contributed by atoms with E-state index in [1.54, 1.807) is 23.1 Å². The van der Waals surface area contributed by atoms with Crippen LogP contribution in [-0.2, 0) is 6.54 Å². The molecule has 3 heterocycles. The van der Waals surface area contributed by atoms with Crippen molar-refractivity contribution in [2.24, 2.45) is 0 Å². The Labute approximate surface area is 104 Å². The van der Waals surface area contributed by atoms with E-state index in [0.717, 1.165) is 22.8 Å². The second-order valence-corrected chi connectivity index (χ2v) is 4.04. The number of rotatable bonds is 3. The molecular weight excluding hydrogens is 230 g/mol. The highest BCUT2D eigenvalue weighted by molar-refractivity contribution is 5.66. The molecule has 0 fully saturated rings. The van der Waals surface area contributed by atoms with Crippen LogP contribution in [0, 0.1) is 13.8 Å². The Balaban J connectivity index is 1.82. The Morgan fingerprint density at radius 2 is 2.22 bits per heavy atom. The van der Waals surface area contributed by atoms with Gasteiger partial charge in [-0.25, -0.2) is 14.5 Å². The number of nitrogens with one attached hydrogen (secondary N) is 1. The molecule has 0 aliphatic carbocycles. The normalized spacial score (nSPS) is 11.0. The molecule has 92 valence electrons. The van der Waals surface area contributed by atoms with Gasteiger partial charge in [0.25, 0.3) is 0 Å². The number of oxazole rings is 1. The molecule has 0 atom stereocenters. The summed E-state index contributed by atoms with van der Waals surface area (Å²) in [4.78, 5) is 8.60. The summed E-state index contributed by atoms with van der Waals surface area (Å²) in [5, 5.41) is 7.35. The molecule has 3 aromatic heterocycles. The molecule has 0 saturated carbocycles. The Kier molecular flexibility index (Phi) is 2.47. The molecule has 6 heteroatoms. The van der Waals surface area contributed by atoms with E-state index >= 15 is 0 Å². The zero-order chi connectivity index (χ0) is 12.5. The monoisotopic (exact) mass is 243 g/mol. The summed E-state index contributed by atoms with van der Waals surface area (Å²) in [6.07, 6.45) is 5.25. The van der Waals surface area contributed by atoms with Gasteiger partial charge in [0.15, 0.2) is 5.82 Å². The fourth-order valence-corrected chi connectivity index (χ4v) is 1.77. The van der Waals surface area contributed by atoms with Crippen molar-refractivity contribution < 1.29 is 4.42 Å². The number of aryl methyl sites for hydroxylation is 2. The van der Waals surface area contributed by atoms with Crippen LogP contribution in [0.15, 0.2) is 29.1 Å². The first-order valence-corrected chi connectivity index (χ1v) is 5.69. The van der Waals surface area contributed by atoms with Crippen LogP contribution in [0.2, 0.25) is 0 Å². The molecule has 0 aromatic carbocycles. The van der Waals surface area contributed by atoms with E-state index in [2.05, 4.69) is 20.4 Å². The lowest BCUT2D eigenvalue weighted by Gasteiger charge is -2.04. The molecule has 18 heavy (non-hydrogen) atoms. The van der Waals surface area contributed by atoms with Gasteiger partial charge in [-0.1, -0.05) is 0 Å². The van der Waals surface area contributed by atoms with E-state index in [4.69, 9.17) is 4.42 Å². The highest BCUT2D eigenvalue weighted by Gasteiger charge is 2.07. The molecule has 1 N–H and O–H groups in total. The van der Waals surface area contributed by atoms with Crippen LogP contribution in [0.4, 0.5) is 5.82 Å². The molecule has 0 aliphatic rings. The highest BCUT2D eigenvalue weighted by Crippen LogP contribution is 2.14. The largest absolute Gasteiger partial charge is 0.444 e. The number of hydrogen-bond donors (Lipinski definition) is 1. The Morgan fingerprint density at radius 1 is 1.33 bits per heavy atom. The third-order valence-electron chi connectivity index (χ3n) is 2.80. The molecule has 0 bridgehead atoms. The molecule has 3 aromatic rings. The van der Waals surface area contributed by atoms with Crippen molar-refractivity contribution in [3.05, 3.63) is 42.0 Å². The van der Waals surface area contributed by atoms with Crippen LogP contribution in [0.5, 0.6) is 0 Å². The third-order valence-corrected chi connectivity index (χ3v) is 2.80. The summed E-state index contributed by atoms with van der Waals surface area (Å²) in [5.41, 5.74) is 1.85. The van der Waals surface area contributed by atoms with Gasteiger partial charge in [0.1, 0.15) is 11.3 Å². The van der Waals surface area contributed by atoms with E-state index in [1.807, 2.05) is 19.9 Å². The molecule has 0 radical (unpaired) electrons. The summed E-state index contributed by atoms with van der Waals surface area (Å²) in [7, 11) is 0. The van der Waals surface area contributed by atoms with Gasteiger partial charge in [-0.15, -0.1) is 0 Å². The van der Waals surface area contributed by atoms with Crippen molar-refractivity contribution in [1.29, 1.82) is 0 Å². The summed E-state index contributed by atoms with van der Waals surface area (Å²) in [5.74, 6) is 2.28. The number of nitrogens with zero attached hydrogens (tertiary/aromatic N) is 4. The van der Waals surface area contributed by atoms with Crippen molar-refractivity contribution in [3.8, 4) is 0 Å². The van der Waals surface area contributed by atoms with Gasteiger partial charge in [0, 0.05) is 12.4 Å². The maximum absolute atomic E-state index is 5.51. The van der Waals surface area contributed by atoms with Gasteiger partial charge in [0.2, 0.25) is 5.89 Å². The van der Waals surface area contributed by atoms with Crippen LogP contribution in [0.25, 0.3) is 5.52 Å². The second kappa shape index (κ2) is 4.14. The number of anilines is 1. The zero-order valence-electron chi connectivity index (χ0n) is 10.2. The summed E-state index contributed by atoms with van der Waals surface area (Å²) < 4.78 is 7.27. The minimum atomic E-state index is 0.506. The summed E-state index contributed by atoms with van der Waals surface area (Å²) in [6.45, 7) is 4.34. The van der Waals surface area contributed by atoms with Crippen molar-refractivity contribution in [1.82, 2.24) is 19.6 Å². The lowest BCUT2D eigenvalue weighted by molar-refractivity contribution is 0.478. The molecule has 0 saturated heterocycles. The molecule has 0 amide bonds. The number of aromatic nitrogens is 4. The minimum absolute atomic E-state index is 0.506. The molecule has 3 rings (SSSR count). The van der Waals surface area contributed by atoms with Crippen LogP contribution in [0.1, 0.15) is 17.3 Å². The molecule has 6 nitrogen and oxygen atoms in total. The first kappa shape index (κ1) is 10.8. The average molecular weight is 243 g/mol. The Bertz CT molecular complexity index is 665. The topological polar surface area (TPSA) is 68.2 Å².